The summed E-state index contributed by atoms with van der Waals surface area (Å²) in [6, 6.07) is 6.30. The van der Waals surface area contributed by atoms with E-state index in [1.54, 1.807) is 0 Å². The highest BCUT2D eigenvalue weighted by molar-refractivity contribution is 14.1. The van der Waals surface area contributed by atoms with Crippen molar-refractivity contribution in [1.82, 2.24) is 0 Å². The monoisotopic (exact) mass is 525 g/mol. The number of anilines is 1. The fraction of sp³-hybridized carbons (Fsp3) is 0.200. The minimum Gasteiger partial charge on any atom is -0.398 e. The van der Waals surface area contributed by atoms with Gasteiger partial charge in [-0.15, -0.1) is 0 Å². The van der Waals surface area contributed by atoms with Gasteiger partial charge in [-0.05, 0) is 77.9 Å². The zero-order valence-corrected chi connectivity index (χ0v) is 17.4. The van der Waals surface area contributed by atoms with E-state index in [-0.39, 0.29) is 0 Å². The van der Waals surface area contributed by atoms with Crippen molar-refractivity contribution in [1.29, 1.82) is 0 Å². The zero-order valence-electron chi connectivity index (χ0n) is 13.0. The quantitative estimate of drug-likeness (QED) is 0.292. The Bertz CT molecular complexity index is 864. The van der Waals surface area contributed by atoms with Crippen LogP contribution in [-0.2, 0) is 15.2 Å². The third-order valence-electron chi connectivity index (χ3n) is 3.08. The summed E-state index contributed by atoms with van der Waals surface area (Å²) in [5, 5.41) is -0.577. The highest BCUT2D eigenvalue weighted by atomic mass is 127. The Morgan fingerprint density at radius 2 is 1.56 bits per heavy atom. The minimum absolute atomic E-state index is 0.394. The van der Waals surface area contributed by atoms with Crippen LogP contribution >= 0.6 is 44.9 Å². The molecule has 0 aliphatic rings. The van der Waals surface area contributed by atoms with E-state index in [4.69, 9.17) is 28.0 Å². The van der Waals surface area contributed by atoms with Gasteiger partial charge in [-0.25, -0.2) is 8.42 Å². The standard InChI is InChI=1S/C8H10IN.C7H3Cl2F3O2S/c1-5-3-7(9)4-6(2)8(5)10;8-6-2-1-4(15(9,13)14)3-5(6)7(10,11)12/h3-4H,10H2,1-2H3;1-3H. The SMILES string of the molecule is Cc1cc(I)cc(C)c1N.O=S(=O)(Cl)c1ccc(Cl)c(C(F)(F)F)c1. The topological polar surface area (TPSA) is 60.2 Å². The molecule has 0 aliphatic heterocycles. The Hall–Kier alpha value is -0.710. The third kappa shape index (κ3) is 6.50. The summed E-state index contributed by atoms with van der Waals surface area (Å²) in [5.41, 5.74) is 7.78. The average Bonchev–Trinajstić information content (AvgIpc) is 2.43. The predicted molar refractivity (Wildman–Crippen MR) is 103 cm³/mol. The van der Waals surface area contributed by atoms with Crippen LogP contribution in [0.2, 0.25) is 5.02 Å². The molecular formula is C15H13Cl2F3INO2S. The van der Waals surface area contributed by atoms with Crippen molar-refractivity contribution in [2.75, 3.05) is 5.73 Å². The predicted octanol–water partition coefficient (Wildman–Crippen LogP) is 5.78. The first kappa shape index (κ1) is 22.3. The first-order valence-corrected chi connectivity index (χ1v) is 10.3. The molecular weight excluding hydrogens is 513 g/mol. The number of rotatable bonds is 1. The number of aryl methyl sites for hydroxylation is 2. The molecule has 3 nitrogen and oxygen atoms in total. The Morgan fingerprint density at radius 1 is 1.08 bits per heavy atom. The Balaban J connectivity index is 0.000000271. The van der Waals surface area contributed by atoms with E-state index in [1.807, 2.05) is 13.8 Å². The van der Waals surface area contributed by atoms with Crippen LogP contribution in [0, 0.1) is 17.4 Å². The van der Waals surface area contributed by atoms with Crippen LogP contribution in [0.1, 0.15) is 16.7 Å². The number of benzene rings is 2. The summed E-state index contributed by atoms with van der Waals surface area (Å²) in [4.78, 5) is -0.638. The van der Waals surface area contributed by atoms with Crippen LogP contribution in [0.3, 0.4) is 0 Å². The fourth-order valence-corrected chi connectivity index (χ4v) is 3.73. The number of nitrogen functional groups attached to an aromatic ring is 1. The molecule has 2 aromatic rings. The lowest BCUT2D eigenvalue weighted by molar-refractivity contribution is -0.137. The molecule has 0 unspecified atom stereocenters. The smallest absolute Gasteiger partial charge is 0.398 e. The van der Waals surface area contributed by atoms with E-state index in [9.17, 15) is 21.6 Å². The van der Waals surface area contributed by atoms with E-state index >= 15 is 0 Å². The van der Waals surface area contributed by atoms with Crippen LogP contribution in [0.25, 0.3) is 0 Å². The molecule has 0 aromatic heterocycles. The summed E-state index contributed by atoms with van der Waals surface area (Å²) in [6.45, 7) is 4.06. The molecule has 0 amide bonds. The molecule has 0 aliphatic carbocycles. The Labute approximate surface area is 166 Å². The van der Waals surface area contributed by atoms with Crippen LogP contribution in [0.15, 0.2) is 35.2 Å². The van der Waals surface area contributed by atoms with E-state index < -0.39 is 30.7 Å². The molecule has 0 saturated carbocycles. The maximum Gasteiger partial charge on any atom is 0.417 e. The fourth-order valence-electron chi connectivity index (χ4n) is 1.80. The number of hydrogen-bond donors (Lipinski definition) is 1. The molecule has 2 rings (SSSR count). The van der Waals surface area contributed by atoms with Crippen LogP contribution < -0.4 is 5.73 Å². The normalized spacial score (nSPS) is 11.7. The van der Waals surface area contributed by atoms with Gasteiger partial charge in [0.05, 0.1) is 15.5 Å². The second-order valence-corrected chi connectivity index (χ2v) is 9.25. The summed E-state index contributed by atoms with van der Waals surface area (Å²) in [6.07, 6.45) is -4.71. The number of nitrogens with two attached hydrogens (primary N) is 1. The lowest BCUT2D eigenvalue weighted by atomic mass is 10.1. The Morgan fingerprint density at radius 3 is 1.96 bits per heavy atom. The maximum atomic E-state index is 12.3. The van der Waals surface area contributed by atoms with Gasteiger partial charge in [-0.3, -0.25) is 0 Å². The van der Waals surface area contributed by atoms with Gasteiger partial charge in [-0.2, -0.15) is 13.2 Å². The molecule has 0 heterocycles. The van der Waals surface area contributed by atoms with E-state index in [1.165, 1.54) is 14.7 Å². The molecule has 0 bridgehead atoms. The van der Waals surface area contributed by atoms with Gasteiger partial charge in [0, 0.05) is 19.9 Å². The summed E-state index contributed by atoms with van der Waals surface area (Å²) >= 11 is 7.57. The molecule has 0 spiro atoms. The number of alkyl halides is 3. The molecule has 0 fully saturated rings. The molecule has 0 radical (unpaired) electrons. The third-order valence-corrected chi connectivity index (χ3v) is 5.39. The first-order valence-electron chi connectivity index (χ1n) is 6.57. The average molecular weight is 526 g/mol. The van der Waals surface area contributed by atoms with Crippen molar-refractivity contribution in [2.24, 2.45) is 0 Å². The second kappa shape index (κ2) is 8.32. The highest BCUT2D eigenvalue weighted by Gasteiger charge is 2.34. The maximum absolute atomic E-state index is 12.3. The second-order valence-electron chi connectivity index (χ2n) is 5.03. The van der Waals surface area contributed by atoms with Gasteiger partial charge in [-0.1, -0.05) is 11.6 Å². The summed E-state index contributed by atoms with van der Waals surface area (Å²) in [7, 11) is 0.706. The van der Waals surface area contributed by atoms with Gasteiger partial charge >= 0.3 is 6.18 Å². The van der Waals surface area contributed by atoms with Crippen LogP contribution in [-0.4, -0.2) is 8.42 Å². The van der Waals surface area contributed by atoms with Crippen molar-refractivity contribution in [3.05, 3.63) is 55.6 Å². The lowest BCUT2D eigenvalue weighted by Crippen LogP contribution is -2.07. The molecule has 10 heteroatoms. The molecule has 0 atom stereocenters. The molecule has 25 heavy (non-hydrogen) atoms. The molecule has 0 saturated heterocycles. The summed E-state index contributed by atoms with van der Waals surface area (Å²) in [5.74, 6) is 0. The van der Waals surface area contributed by atoms with Crippen LogP contribution in [0.5, 0.6) is 0 Å². The van der Waals surface area contributed by atoms with E-state index in [0.717, 1.165) is 17.8 Å². The molecule has 2 N–H and O–H groups in total. The zero-order chi connectivity index (χ0) is 19.6. The number of hydrogen-bond acceptors (Lipinski definition) is 3. The first-order chi connectivity index (χ1) is 11.2. The van der Waals surface area contributed by atoms with Crippen molar-refractivity contribution in [3.8, 4) is 0 Å². The van der Waals surface area contributed by atoms with Gasteiger partial charge in [0.25, 0.3) is 9.05 Å². The van der Waals surface area contributed by atoms with E-state index in [2.05, 4.69) is 34.7 Å². The summed E-state index contributed by atoms with van der Waals surface area (Å²) < 4.78 is 59.7. The molecule has 138 valence electrons. The Kier molecular flexibility index (Phi) is 7.43. The molecule has 2 aromatic carbocycles. The van der Waals surface area contributed by atoms with Gasteiger partial charge < -0.3 is 5.73 Å². The van der Waals surface area contributed by atoms with Gasteiger partial charge in [0.1, 0.15) is 0 Å². The van der Waals surface area contributed by atoms with Crippen LogP contribution in [0.4, 0.5) is 18.9 Å². The van der Waals surface area contributed by atoms with Crippen molar-refractivity contribution < 1.29 is 21.6 Å². The minimum atomic E-state index is -4.71. The highest BCUT2D eigenvalue weighted by Crippen LogP contribution is 2.36. The van der Waals surface area contributed by atoms with Gasteiger partial charge in [0.15, 0.2) is 0 Å². The van der Waals surface area contributed by atoms with Crippen molar-refractivity contribution in [3.63, 3.8) is 0 Å². The van der Waals surface area contributed by atoms with Crippen molar-refractivity contribution >= 4 is 59.6 Å². The van der Waals surface area contributed by atoms with Gasteiger partial charge in [0.2, 0.25) is 0 Å². The largest absolute Gasteiger partial charge is 0.417 e. The number of halogens is 6. The lowest BCUT2D eigenvalue weighted by Gasteiger charge is -2.09. The van der Waals surface area contributed by atoms with Crippen molar-refractivity contribution in [2.45, 2.75) is 24.9 Å². The van der Waals surface area contributed by atoms with E-state index in [0.29, 0.717) is 6.07 Å².